The summed E-state index contributed by atoms with van der Waals surface area (Å²) in [5, 5.41) is 12.9. The van der Waals surface area contributed by atoms with Crippen molar-refractivity contribution >= 4 is 0 Å². The molecule has 1 unspecified atom stereocenters. The van der Waals surface area contributed by atoms with Crippen LogP contribution in [0, 0.1) is 11.6 Å². The Labute approximate surface area is 110 Å². The molecule has 1 aromatic carbocycles. The maximum absolute atomic E-state index is 13.4. The van der Waals surface area contributed by atoms with Gasteiger partial charge in [-0.25, -0.2) is 8.78 Å². The topological polar surface area (TPSA) is 38.0 Å². The first-order valence-corrected chi connectivity index (χ1v) is 5.51. The summed E-state index contributed by atoms with van der Waals surface area (Å²) in [5.41, 5.74) is -1.74. The highest BCUT2D eigenvalue weighted by Crippen LogP contribution is 2.28. The first-order chi connectivity index (χ1) is 9.29. The van der Waals surface area contributed by atoms with Gasteiger partial charge in [0.25, 0.3) is 0 Å². The molecule has 8 heteroatoms. The van der Waals surface area contributed by atoms with E-state index in [9.17, 15) is 27.1 Å². The fraction of sp³-hybridized carbons (Fsp3) is 0.250. The van der Waals surface area contributed by atoms with E-state index >= 15 is 0 Å². The highest BCUT2D eigenvalue weighted by molar-refractivity contribution is 5.22. The highest BCUT2D eigenvalue weighted by Gasteiger charge is 2.33. The number of halogens is 5. The molecule has 0 bridgehead atoms. The largest absolute Gasteiger partial charge is 0.435 e. The molecule has 3 nitrogen and oxygen atoms in total. The molecule has 1 N–H and O–H groups in total. The lowest BCUT2D eigenvalue weighted by atomic mass is 10.1. The van der Waals surface area contributed by atoms with Crippen molar-refractivity contribution in [2.45, 2.75) is 18.8 Å². The smallest absolute Gasteiger partial charge is 0.386 e. The molecule has 0 saturated carbocycles. The van der Waals surface area contributed by atoms with E-state index in [1.165, 1.54) is 0 Å². The Hall–Kier alpha value is -1.96. The molecule has 0 fully saturated rings. The Balaban J connectivity index is 2.20. The molecule has 0 spiro atoms. The maximum atomic E-state index is 13.4. The summed E-state index contributed by atoms with van der Waals surface area (Å²) in [6, 6.07) is 3.73. The number of aliphatic hydroxyl groups is 1. The molecule has 2 rings (SSSR count). The van der Waals surface area contributed by atoms with Gasteiger partial charge in [-0.3, -0.25) is 4.68 Å². The first-order valence-electron chi connectivity index (χ1n) is 5.51. The number of nitrogens with zero attached hydrogens (tertiary/aromatic N) is 2. The minimum Gasteiger partial charge on any atom is -0.386 e. The molecule has 0 radical (unpaired) electrons. The second-order valence-corrected chi connectivity index (χ2v) is 4.07. The molecule has 0 aliphatic heterocycles. The zero-order valence-corrected chi connectivity index (χ0v) is 9.90. The predicted octanol–water partition coefficient (Wildman–Crippen LogP) is 2.91. The van der Waals surface area contributed by atoms with Gasteiger partial charge in [0.05, 0.1) is 12.1 Å². The summed E-state index contributed by atoms with van der Waals surface area (Å²) in [4.78, 5) is 0. The molecular formula is C12H9F5N2O. The van der Waals surface area contributed by atoms with E-state index in [1.807, 2.05) is 0 Å². The molecule has 2 aromatic rings. The monoisotopic (exact) mass is 292 g/mol. The van der Waals surface area contributed by atoms with E-state index in [2.05, 4.69) is 5.10 Å². The van der Waals surface area contributed by atoms with Crippen LogP contribution in [0.4, 0.5) is 22.0 Å². The summed E-state index contributed by atoms with van der Waals surface area (Å²) in [5.74, 6) is -1.94. The van der Waals surface area contributed by atoms with Crippen molar-refractivity contribution in [3.05, 3.63) is 53.4 Å². The van der Waals surface area contributed by atoms with Gasteiger partial charge in [0.1, 0.15) is 17.7 Å². The van der Waals surface area contributed by atoms with Crippen LogP contribution in [0.15, 0.2) is 30.5 Å². The van der Waals surface area contributed by atoms with Gasteiger partial charge in [0, 0.05) is 6.20 Å². The van der Waals surface area contributed by atoms with E-state index in [-0.39, 0.29) is 0 Å². The quantitative estimate of drug-likeness (QED) is 0.883. The third-order valence-corrected chi connectivity index (χ3v) is 2.62. The molecule has 0 saturated heterocycles. The van der Waals surface area contributed by atoms with Crippen LogP contribution in [0.3, 0.4) is 0 Å². The molecule has 20 heavy (non-hydrogen) atoms. The third kappa shape index (κ3) is 2.96. The molecule has 108 valence electrons. The van der Waals surface area contributed by atoms with E-state index in [0.717, 1.165) is 29.1 Å². The lowest BCUT2D eigenvalue weighted by Crippen LogP contribution is -2.14. The summed E-state index contributed by atoms with van der Waals surface area (Å²) in [6.45, 7) is -0.492. The Morgan fingerprint density at radius 2 is 1.75 bits per heavy atom. The van der Waals surface area contributed by atoms with Crippen LogP contribution in [-0.4, -0.2) is 14.9 Å². The van der Waals surface area contributed by atoms with Crippen molar-refractivity contribution in [1.29, 1.82) is 0 Å². The standard InChI is InChI=1S/C12H9F5N2O/c13-7-2-1-3-8(14)11(7)9(20)6-19-5-4-10(18-19)12(15,16)17/h1-5,9,20H,6H2. The van der Waals surface area contributed by atoms with Crippen molar-refractivity contribution in [3.63, 3.8) is 0 Å². The zero-order chi connectivity index (χ0) is 14.9. The SMILES string of the molecule is OC(Cn1ccc(C(F)(F)F)n1)c1c(F)cccc1F. The molecule has 0 aliphatic carbocycles. The Morgan fingerprint density at radius 3 is 2.25 bits per heavy atom. The van der Waals surface area contributed by atoms with Crippen LogP contribution >= 0.6 is 0 Å². The summed E-state index contributed by atoms with van der Waals surface area (Å²) >= 11 is 0. The zero-order valence-electron chi connectivity index (χ0n) is 9.90. The number of aromatic nitrogens is 2. The van der Waals surface area contributed by atoms with Crippen LogP contribution < -0.4 is 0 Å². The number of rotatable bonds is 3. The molecular weight excluding hydrogens is 283 g/mol. The van der Waals surface area contributed by atoms with Crippen molar-refractivity contribution in [2.75, 3.05) is 0 Å². The lowest BCUT2D eigenvalue weighted by molar-refractivity contribution is -0.141. The van der Waals surface area contributed by atoms with E-state index in [1.54, 1.807) is 0 Å². The van der Waals surface area contributed by atoms with Crippen LogP contribution in [0.5, 0.6) is 0 Å². The van der Waals surface area contributed by atoms with E-state index in [0.29, 0.717) is 6.07 Å². The maximum Gasteiger partial charge on any atom is 0.435 e. The minimum absolute atomic E-state index is 0.492. The second-order valence-electron chi connectivity index (χ2n) is 4.07. The normalized spacial score (nSPS) is 13.5. The lowest BCUT2D eigenvalue weighted by Gasteiger charge is -2.13. The van der Waals surface area contributed by atoms with Crippen molar-refractivity contribution in [2.24, 2.45) is 0 Å². The summed E-state index contributed by atoms with van der Waals surface area (Å²) in [7, 11) is 0. The predicted molar refractivity (Wildman–Crippen MR) is 58.5 cm³/mol. The third-order valence-electron chi connectivity index (χ3n) is 2.62. The summed E-state index contributed by atoms with van der Waals surface area (Å²) < 4.78 is 64.5. The molecule has 1 atom stereocenters. The second kappa shape index (κ2) is 5.20. The van der Waals surface area contributed by atoms with E-state index < -0.39 is 41.7 Å². The van der Waals surface area contributed by atoms with Crippen molar-refractivity contribution in [3.8, 4) is 0 Å². The van der Waals surface area contributed by atoms with Gasteiger partial charge in [-0.1, -0.05) is 6.07 Å². The number of aliphatic hydroxyl groups excluding tert-OH is 1. The van der Waals surface area contributed by atoms with Crippen LogP contribution in [0.2, 0.25) is 0 Å². The molecule has 1 aromatic heterocycles. The average molecular weight is 292 g/mol. The number of hydrogen-bond donors (Lipinski definition) is 1. The fourth-order valence-electron chi connectivity index (χ4n) is 1.71. The Bertz CT molecular complexity index is 588. The number of benzene rings is 1. The van der Waals surface area contributed by atoms with Gasteiger partial charge in [0.2, 0.25) is 0 Å². The molecule has 0 aliphatic rings. The first kappa shape index (κ1) is 14.4. The van der Waals surface area contributed by atoms with Gasteiger partial charge >= 0.3 is 6.18 Å². The Morgan fingerprint density at radius 1 is 1.15 bits per heavy atom. The molecule has 1 heterocycles. The van der Waals surface area contributed by atoms with Crippen molar-refractivity contribution in [1.82, 2.24) is 9.78 Å². The minimum atomic E-state index is -4.61. The van der Waals surface area contributed by atoms with Crippen LogP contribution in [0.25, 0.3) is 0 Å². The van der Waals surface area contributed by atoms with Gasteiger partial charge in [0.15, 0.2) is 5.69 Å². The number of alkyl halides is 3. The number of hydrogen-bond acceptors (Lipinski definition) is 2. The van der Waals surface area contributed by atoms with Gasteiger partial charge in [-0.15, -0.1) is 0 Å². The summed E-state index contributed by atoms with van der Waals surface area (Å²) in [6.07, 6.45) is -5.28. The van der Waals surface area contributed by atoms with Crippen LogP contribution in [-0.2, 0) is 12.7 Å². The highest BCUT2D eigenvalue weighted by atomic mass is 19.4. The van der Waals surface area contributed by atoms with Gasteiger partial charge in [-0.05, 0) is 18.2 Å². The van der Waals surface area contributed by atoms with Gasteiger partial charge in [-0.2, -0.15) is 18.3 Å². The van der Waals surface area contributed by atoms with Gasteiger partial charge < -0.3 is 5.11 Å². The van der Waals surface area contributed by atoms with Crippen LogP contribution in [0.1, 0.15) is 17.4 Å². The molecule has 0 amide bonds. The average Bonchev–Trinajstić information content (AvgIpc) is 2.76. The fourth-order valence-corrected chi connectivity index (χ4v) is 1.71. The van der Waals surface area contributed by atoms with Crippen molar-refractivity contribution < 1.29 is 27.1 Å². The van der Waals surface area contributed by atoms with E-state index in [4.69, 9.17) is 0 Å². The Kier molecular flexibility index (Phi) is 3.76.